The Morgan fingerprint density at radius 1 is 1.29 bits per heavy atom. The number of nitrogens with zero attached hydrogens (tertiary/aromatic N) is 2. The van der Waals surface area contributed by atoms with Crippen LogP contribution in [0.4, 0.5) is 0 Å². The number of aliphatic imine (C=N–C) groups is 1. The number of primary amides is 1. The van der Waals surface area contributed by atoms with Crippen LogP contribution in [-0.4, -0.2) is 68.5 Å². The van der Waals surface area contributed by atoms with Crippen LogP contribution in [0.1, 0.15) is 32.1 Å². The molecule has 0 bridgehead atoms. The highest BCUT2D eigenvalue weighted by atomic mass is 127. The summed E-state index contributed by atoms with van der Waals surface area (Å²) in [5.41, 5.74) is 5.42. The average Bonchev–Trinajstić information content (AvgIpc) is 2.56. The summed E-state index contributed by atoms with van der Waals surface area (Å²) in [4.78, 5) is 17.9. The van der Waals surface area contributed by atoms with Crippen LogP contribution >= 0.6 is 35.7 Å². The standard InChI is InChI=1S/C16H33N5OS.HI/c1-18-16(19-8-3-4-12-23-2)20-9-6-11-21-10-5-7-14(13-21)15(17)22;/h14H,3-13H2,1-2H3,(H2,17,22)(H2,18,19,20);1H. The van der Waals surface area contributed by atoms with Gasteiger partial charge in [0.15, 0.2) is 5.96 Å². The smallest absolute Gasteiger partial charge is 0.221 e. The molecule has 1 saturated heterocycles. The van der Waals surface area contributed by atoms with Crippen LogP contribution in [-0.2, 0) is 4.79 Å². The number of unbranched alkanes of at least 4 members (excludes halogenated alkanes) is 1. The predicted octanol–water partition coefficient (Wildman–Crippen LogP) is 1.50. The van der Waals surface area contributed by atoms with Gasteiger partial charge in [-0.15, -0.1) is 24.0 Å². The molecule has 0 aliphatic carbocycles. The largest absolute Gasteiger partial charge is 0.369 e. The molecule has 8 heteroatoms. The number of nitrogens with two attached hydrogens (primary N) is 1. The lowest BCUT2D eigenvalue weighted by Crippen LogP contribution is -2.43. The molecular weight excluding hydrogens is 437 g/mol. The number of likely N-dealkylation sites (tertiary alicyclic amines) is 1. The maximum Gasteiger partial charge on any atom is 0.221 e. The summed E-state index contributed by atoms with van der Waals surface area (Å²) in [5, 5.41) is 6.69. The third kappa shape index (κ3) is 10.6. The van der Waals surface area contributed by atoms with E-state index >= 15 is 0 Å². The summed E-state index contributed by atoms with van der Waals surface area (Å²) in [7, 11) is 1.80. The quantitative estimate of drug-likeness (QED) is 0.195. The zero-order chi connectivity index (χ0) is 16.9. The van der Waals surface area contributed by atoms with E-state index in [0.29, 0.717) is 0 Å². The zero-order valence-corrected chi connectivity index (χ0v) is 18.2. The van der Waals surface area contributed by atoms with Crippen LogP contribution in [0.25, 0.3) is 0 Å². The fraction of sp³-hybridized carbons (Fsp3) is 0.875. The first kappa shape index (κ1) is 23.8. The van der Waals surface area contributed by atoms with E-state index in [9.17, 15) is 4.79 Å². The Hall–Kier alpha value is -0.220. The van der Waals surface area contributed by atoms with Gasteiger partial charge >= 0.3 is 0 Å². The van der Waals surface area contributed by atoms with Crippen molar-refractivity contribution >= 4 is 47.6 Å². The van der Waals surface area contributed by atoms with Crippen molar-refractivity contribution in [2.75, 3.05) is 51.8 Å². The Balaban J connectivity index is 0.00000529. The summed E-state index contributed by atoms with van der Waals surface area (Å²) in [6.45, 7) is 4.75. The minimum atomic E-state index is -0.154. The van der Waals surface area contributed by atoms with Crippen LogP contribution in [0.2, 0.25) is 0 Å². The molecule has 1 aliphatic heterocycles. The number of nitrogens with one attached hydrogen (secondary N) is 2. The number of amides is 1. The highest BCUT2D eigenvalue weighted by molar-refractivity contribution is 14.0. The Kier molecular flexibility index (Phi) is 14.9. The van der Waals surface area contributed by atoms with Gasteiger partial charge in [-0.2, -0.15) is 11.8 Å². The minimum absolute atomic E-state index is 0. The Morgan fingerprint density at radius 2 is 2.00 bits per heavy atom. The Morgan fingerprint density at radius 3 is 2.62 bits per heavy atom. The van der Waals surface area contributed by atoms with Gasteiger partial charge in [0.25, 0.3) is 0 Å². The number of piperidine rings is 1. The van der Waals surface area contributed by atoms with Crippen molar-refractivity contribution in [2.45, 2.75) is 32.1 Å². The highest BCUT2D eigenvalue weighted by Gasteiger charge is 2.23. The third-order valence-corrected chi connectivity index (χ3v) is 4.84. The predicted molar refractivity (Wildman–Crippen MR) is 115 cm³/mol. The second-order valence-corrected chi connectivity index (χ2v) is 7.01. The first-order valence-electron chi connectivity index (χ1n) is 8.62. The lowest BCUT2D eigenvalue weighted by molar-refractivity contribution is -0.123. The number of hydrogen-bond acceptors (Lipinski definition) is 4. The molecular formula is C16H34IN5OS. The number of rotatable bonds is 10. The summed E-state index contributed by atoms with van der Waals surface area (Å²) in [5.74, 6) is 1.98. The molecule has 1 rings (SSSR count). The molecule has 142 valence electrons. The molecule has 0 aromatic heterocycles. The van der Waals surface area contributed by atoms with Crippen molar-refractivity contribution in [3.8, 4) is 0 Å². The van der Waals surface area contributed by atoms with E-state index in [2.05, 4.69) is 26.8 Å². The molecule has 0 aromatic carbocycles. The Labute approximate surface area is 168 Å². The first-order chi connectivity index (χ1) is 11.2. The monoisotopic (exact) mass is 471 g/mol. The lowest BCUT2D eigenvalue weighted by Gasteiger charge is -2.31. The minimum Gasteiger partial charge on any atom is -0.369 e. The summed E-state index contributed by atoms with van der Waals surface area (Å²) < 4.78 is 0. The fourth-order valence-electron chi connectivity index (χ4n) is 2.80. The molecule has 0 radical (unpaired) electrons. The molecule has 1 aliphatic rings. The van der Waals surface area contributed by atoms with Crippen LogP contribution < -0.4 is 16.4 Å². The van der Waals surface area contributed by atoms with Crippen molar-refractivity contribution in [3.05, 3.63) is 0 Å². The van der Waals surface area contributed by atoms with Gasteiger partial charge in [0.05, 0.1) is 5.92 Å². The van der Waals surface area contributed by atoms with Crippen molar-refractivity contribution in [1.29, 1.82) is 0 Å². The molecule has 0 aromatic rings. The van der Waals surface area contributed by atoms with Crippen molar-refractivity contribution in [3.63, 3.8) is 0 Å². The topological polar surface area (TPSA) is 82.8 Å². The second-order valence-electron chi connectivity index (χ2n) is 6.02. The lowest BCUT2D eigenvalue weighted by atomic mass is 9.97. The normalized spacial score (nSPS) is 18.8. The van der Waals surface area contributed by atoms with Crippen molar-refractivity contribution in [2.24, 2.45) is 16.6 Å². The molecule has 0 spiro atoms. The van der Waals surface area contributed by atoms with E-state index < -0.39 is 0 Å². The fourth-order valence-corrected chi connectivity index (χ4v) is 3.29. The van der Waals surface area contributed by atoms with E-state index in [0.717, 1.165) is 57.9 Å². The SMILES string of the molecule is CN=C(NCCCCSC)NCCCN1CCCC(C(N)=O)C1.I. The highest BCUT2D eigenvalue weighted by Crippen LogP contribution is 2.15. The van der Waals surface area contributed by atoms with E-state index in [-0.39, 0.29) is 35.8 Å². The molecule has 1 amide bonds. The van der Waals surface area contributed by atoms with Crippen LogP contribution in [0.15, 0.2) is 4.99 Å². The molecule has 1 heterocycles. The van der Waals surface area contributed by atoms with Crippen molar-refractivity contribution in [1.82, 2.24) is 15.5 Å². The van der Waals surface area contributed by atoms with Gasteiger partial charge in [-0.1, -0.05) is 0 Å². The number of carbonyl (C=O) groups is 1. The average molecular weight is 471 g/mol. The molecule has 0 saturated carbocycles. The second kappa shape index (κ2) is 15.1. The first-order valence-corrected chi connectivity index (χ1v) is 10.0. The summed E-state index contributed by atoms with van der Waals surface area (Å²) >= 11 is 1.89. The van der Waals surface area contributed by atoms with Gasteiger partial charge in [0.1, 0.15) is 0 Å². The van der Waals surface area contributed by atoms with E-state index in [1.807, 2.05) is 11.8 Å². The van der Waals surface area contributed by atoms with Crippen molar-refractivity contribution < 1.29 is 4.79 Å². The number of carbonyl (C=O) groups excluding carboxylic acids is 1. The van der Waals surface area contributed by atoms with E-state index in [1.54, 1.807) is 7.05 Å². The third-order valence-electron chi connectivity index (χ3n) is 4.14. The number of thioether (sulfide) groups is 1. The number of guanidine groups is 1. The molecule has 1 unspecified atom stereocenters. The van der Waals surface area contributed by atoms with E-state index in [4.69, 9.17) is 5.73 Å². The summed E-state index contributed by atoms with van der Waals surface area (Å²) in [6, 6.07) is 0. The van der Waals surface area contributed by atoms with Gasteiger partial charge in [0.2, 0.25) is 5.91 Å². The van der Waals surface area contributed by atoms with Gasteiger partial charge in [0, 0.05) is 26.7 Å². The maximum absolute atomic E-state index is 11.3. The van der Waals surface area contributed by atoms with Crippen LogP contribution in [0, 0.1) is 5.92 Å². The van der Waals surface area contributed by atoms with E-state index in [1.165, 1.54) is 18.6 Å². The molecule has 1 atom stereocenters. The van der Waals surface area contributed by atoms with Crippen LogP contribution in [0.3, 0.4) is 0 Å². The summed E-state index contributed by atoms with van der Waals surface area (Å²) in [6.07, 6.45) is 7.60. The maximum atomic E-state index is 11.3. The van der Waals surface area contributed by atoms with Gasteiger partial charge < -0.3 is 21.3 Å². The molecule has 6 nitrogen and oxygen atoms in total. The Bertz CT molecular complexity index is 370. The number of hydrogen-bond donors (Lipinski definition) is 3. The molecule has 1 fully saturated rings. The molecule has 4 N–H and O–H groups in total. The van der Waals surface area contributed by atoms with Gasteiger partial charge in [-0.25, -0.2) is 0 Å². The molecule has 24 heavy (non-hydrogen) atoms. The van der Waals surface area contributed by atoms with Crippen LogP contribution in [0.5, 0.6) is 0 Å². The van der Waals surface area contributed by atoms with Gasteiger partial charge in [-0.05, 0) is 57.2 Å². The van der Waals surface area contributed by atoms with Gasteiger partial charge in [-0.3, -0.25) is 9.79 Å². The zero-order valence-electron chi connectivity index (χ0n) is 15.1. The number of halogens is 1.